The van der Waals surface area contributed by atoms with Crippen LogP contribution < -0.4 is 31.9 Å². The molecule has 1 heterocycles. The van der Waals surface area contributed by atoms with E-state index in [0.29, 0.717) is 52.4 Å². The maximum atomic E-state index is 13.1. The molecule has 0 saturated heterocycles. The summed E-state index contributed by atoms with van der Waals surface area (Å²) in [6.45, 7) is 12.9. The number of nitrogens with one attached hydrogen (secondary N) is 6. The monoisotopic (exact) mass is 913 g/mol. The van der Waals surface area contributed by atoms with Crippen LogP contribution in [-0.4, -0.2) is 195 Å². The zero-order valence-corrected chi connectivity index (χ0v) is 37.8. The van der Waals surface area contributed by atoms with Crippen molar-refractivity contribution in [1.82, 2.24) is 41.7 Å². The lowest BCUT2D eigenvalue weighted by molar-refractivity contribution is -0.139. The van der Waals surface area contributed by atoms with Crippen LogP contribution in [0.4, 0.5) is 0 Å². The number of hydrogen-bond acceptors (Lipinski definition) is 15. The summed E-state index contributed by atoms with van der Waals surface area (Å²) in [5.41, 5.74) is 0.941. The first-order valence-electron chi connectivity index (χ1n) is 22.0. The molecule has 0 radical (unpaired) electrons. The van der Waals surface area contributed by atoms with E-state index in [0.717, 1.165) is 29.2 Å². The first-order valence-corrected chi connectivity index (χ1v) is 22.0. The molecule has 1 aliphatic rings. The molecule has 1 rings (SSSR count). The van der Waals surface area contributed by atoms with Crippen molar-refractivity contribution in [2.75, 3.05) is 138 Å². The molecule has 6 N–H and O–H groups in total. The summed E-state index contributed by atoms with van der Waals surface area (Å²) >= 11 is 0. The van der Waals surface area contributed by atoms with Crippen molar-refractivity contribution >= 4 is 47.3 Å². The normalized spacial score (nSPS) is 11.9. The van der Waals surface area contributed by atoms with E-state index >= 15 is 0 Å². The third kappa shape index (κ3) is 31.8. The van der Waals surface area contributed by atoms with E-state index in [1.807, 2.05) is 6.92 Å². The standard InChI is InChI=1S/C42H72N8O14/c1-4-34(3)43-13-26-59-22-9-36(52)45-15-28-63-30-17-47-38(54)11-24-61-32-20-49(40(56)8-19-50-41(57)6-7-42(50)58)21-33-62-25-12-39(55)48-18-31-64-29-16-46-37(53)10-23-60-27-14-44-35(51)5-2/h6-7,43H,3-5,8-33H2,1-2H3,(H,44,51)(H,45,52)(H,46,53)(H,47,54)(H,48,55). The minimum absolute atomic E-state index is 0.0573. The van der Waals surface area contributed by atoms with Gasteiger partial charge in [0.15, 0.2) is 0 Å². The lowest BCUT2D eigenvalue weighted by atomic mass is 10.3. The van der Waals surface area contributed by atoms with Gasteiger partial charge in [-0.1, -0.05) is 20.4 Å². The van der Waals surface area contributed by atoms with Gasteiger partial charge >= 0.3 is 0 Å². The molecule has 22 heteroatoms. The molecule has 0 saturated carbocycles. The van der Waals surface area contributed by atoms with E-state index in [4.69, 9.17) is 28.4 Å². The Bertz CT molecular complexity index is 1360. The Morgan fingerprint density at radius 1 is 0.469 bits per heavy atom. The first kappa shape index (κ1) is 57.0. The molecule has 64 heavy (non-hydrogen) atoms. The van der Waals surface area contributed by atoms with Crippen molar-refractivity contribution in [3.8, 4) is 0 Å². The molecular weight excluding hydrogens is 841 g/mol. The van der Waals surface area contributed by atoms with Crippen LogP contribution in [0.2, 0.25) is 0 Å². The second kappa shape index (κ2) is 38.5. The van der Waals surface area contributed by atoms with Crippen molar-refractivity contribution in [3.05, 3.63) is 24.4 Å². The number of imide groups is 1. The molecule has 0 fully saturated rings. The Hall–Kier alpha value is -5.00. The zero-order chi connectivity index (χ0) is 47.0. The largest absolute Gasteiger partial charge is 0.387 e. The van der Waals surface area contributed by atoms with Crippen LogP contribution in [0.25, 0.3) is 0 Å². The summed E-state index contributed by atoms with van der Waals surface area (Å²) < 4.78 is 32.8. The minimum Gasteiger partial charge on any atom is -0.387 e. The average molecular weight is 913 g/mol. The fraction of sp³-hybridized carbons (Fsp3) is 0.714. The Balaban J connectivity index is 2.19. The Morgan fingerprint density at radius 3 is 1.16 bits per heavy atom. The van der Waals surface area contributed by atoms with Crippen molar-refractivity contribution < 1.29 is 66.8 Å². The van der Waals surface area contributed by atoms with Crippen molar-refractivity contribution in [2.24, 2.45) is 0 Å². The average Bonchev–Trinajstić information content (AvgIpc) is 3.61. The highest BCUT2D eigenvalue weighted by Gasteiger charge is 2.25. The zero-order valence-electron chi connectivity index (χ0n) is 37.8. The van der Waals surface area contributed by atoms with E-state index in [-0.39, 0.29) is 160 Å². The Kier molecular flexibility index (Phi) is 34.3. The number of allylic oxidation sites excluding steroid dienone is 1. The molecule has 1 aliphatic heterocycles. The lowest BCUT2D eigenvalue weighted by Gasteiger charge is -2.24. The molecule has 0 bridgehead atoms. The van der Waals surface area contributed by atoms with Gasteiger partial charge in [-0.3, -0.25) is 43.3 Å². The van der Waals surface area contributed by atoms with Gasteiger partial charge in [0.05, 0.1) is 79.3 Å². The van der Waals surface area contributed by atoms with Gasteiger partial charge in [-0.2, -0.15) is 0 Å². The number of nitrogens with zero attached hydrogens (tertiary/aromatic N) is 2. The van der Waals surface area contributed by atoms with Crippen LogP contribution >= 0.6 is 0 Å². The number of carbonyl (C=O) groups is 8. The molecule has 0 unspecified atom stereocenters. The molecule has 0 aromatic rings. The van der Waals surface area contributed by atoms with Crippen molar-refractivity contribution in [3.63, 3.8) is 0 Å². The van der Waals surface area contributed by atoms with Crippen LogP contribution in [0.5, 0.6) is 0 Å². The van der Waals surface area contributed by atoms with Crippen LogP contribution in [-0.2, 0) is 66.8 Å². The molecular formula is C42H72N8O14. The highest BCUT2D eigenvalue weighted by Crippen LogP contribution is 2.06. The SMILES string of the molecule is C=C(CC)NCCOCCC(=O)NCCOCCNC(=O)CCOCCN(CCOCCC(=O)NCCOCCNC(=O)CCOCCNC(=O)CC)C(=O)CCN1C(=O)C=CC1=O. The summed E-state index contributed by atoms with van der Waals surface area (Å²) in [4.78, 5) is 98.8. The maximum absolute atomic E-state index is 13.1. The number of hydrogen-bond donors (Lipinski definition) is 6. The smallest absolute Gasteiger partial charge is 0.253 e. The predicted molar refractivity (Wildman–Crippen MR) is 233 cm³/mol. The number of carbonyl (C=O) groups excluding carboxylic acids is 8. The molecule has 0 aromatic heterocycles. The fourth-order valence-electron chi connectivity index (χ4n) is 5.22. The van der Waals surface area contributed by atoms with E-state index in [1.165, 1.54) is 4.90 Å². The first-order chi connectivity index (χ1) is 31.0. The van der Waals surface area contributed by atoms with Crippen LogP contribution in [0.15, 0.2) is 24.4 Å². The molecule has 364 valence electrons. The van der Waals surface area contributed by atoms with E-state index < -0.39 is 11.8 Å². The lowest BCUT2D eigenvalue weighted by Crippen LogP contribution is -2.40. The van der Waals surface area contributed by atoms with Gasteiger partial charge in [0, 0.05) is 115 Å². The molecule has 0 aromatic carbocycles. The second-order valence-electron chi connectivity index (χ2n) is 14.0. The molecule has 22 nitrogen and oxygen atoms in total. The van der Waals surface area contributed by atoms with Gasteiger partial charge < -0.3 is 65.2 Å². The Labute approximate surface area is 376 Å². The summed E-state index contributed by atoms with van der Waals surface area (Å²) in [6, 6.07) is 0. The van der Waals surface area contributed by atoms with Crippen molar-refractivity contribution in [2.45, 2.75) is 58.8 Å². The van der Waals surface area contributed by atoms with Gasteiger partial charge in [0.25, 0.3) is 11.8 Å². The summed E-state index contributed by atoms with van der Waals surface area (Å²) in [5.74, 6) is -2.19. The second-order valence-corrected chi connectivity index (χ2v) is 14.0. The van der Waals surface area contributed by atoms with Gasteiger partial charge in [0.2, 0.25) is 35.4 Å². The Morgan fingerprint density at radius 2 is 0.797 bits per heavy atom. The predicted octanol–water partition coefficient (Wildman–Crippen LogP) is -1.71. The van der Waals surface area contributed by atoms with Crippen LogP contribution in [0.1, 0.15) is 58.8 Å². The third-order valence-electron chi connectivity index (χ3n) is 8.92. The minimum atomic E-state index is -0.486. The third-order valence-corrected chi connectivity index (χ3v) is 8.92. The fourth-order valence-corrected chi connectivity index (χ4v) is 5.22. The summed E-state index contributed by atoms with van der Waals surface area (Å²) in [7, 11) is 0. The van der Waals surface area contributed by atoms with E-state index in [9.17, 15) is 38.4 Å². The number of ether oxygens (including phenoxy) is 6. The van der Waals surface area contributed by atoms with E-state index in [1.54, 1.807) is 6.92 Å². The number of amides is 8. The highest BCUT2D eigenvalue weighted by molar-refractivity contribution is 6.13. The number of rotatable bonds is 42. The van der Waals surface area contributed by atoms with Crippen LogP contribution in [0, 0.1) is 0 Å². The molecule has 0 aliphatic carbocycles. The van der Waals surface area contributed by atoms with Gasteiger partial charge in [-0.05, 0) is 6.42 Å². The van der Waals surface area contributed by atoms with Gasteiger partial charge in [0.1, 0.15) is 0 Å². The van der Waals surface area contributed by atoms with E-state index in [2.05, 4.69) is 38.5 Å². The summed E-state index contributed by atoms with van der Waals surface area (Å²) in [5, 5.41) is 16.7. The topological polar surface area (TPSA) is 271 Å². The van der Waals surface area contributed by atoms with Crippen molar-refractivity contribution in [1.29, 1.82) is 0 Å². The summed E-state index contributed by atoms with van der Waals surface area (Å²) in [6.07, 6.45) is 4.03. The molecule has 8 amide bonds. The van der Waals surface area contributed by atoms with Gasteiger partial charge in [-0.25, -0.2) is 0 Å². The van der Waals surface area contributed by atoms with Gasteiger partial charge in [-0.15, -0.1) is 0 Å². The maximum Gasteiger partial charge on any atom is 0.253 e. The quantitative estimate of drug-likeness (QED) is 0.0294. The highest BCUT2D eigenvalue weighted by atomic mass is 16.5. The van der Waals surface area contributed by atoms with Crippen LogP contribution in [0.3, 0.4) is 0 Å². The molecule has 0 spiro atoms. The molecule has 0 atom stereocenters.